The summed E-state index contributed by atoms with van der Waals surface area (Å²) in [4.78, 5) is 11.8. The zero-order chi connectivity index (χ0) is 16.2. The first-order valence-electron chi connectivity index (χ1n) is 6.55. The first kappa shape index (κ1) is 16.0. The van der Waals surface area contributed by atoms with Crippen LogP contribution in [-0.2, 0) is 17.5 Å². The molecule has 6 heteroatoms. The van der Waals surface area contributed by atoms with Crippen molar-refractivity contribution in [3.8, 4) is 0 Å². The Hall–Kier alpha value is -2.34. The summed E-state index contributed by atoms with van der Waals surface area (Å²) < 4.78 is 37.3. The molecular formula is C16H14F3NO2. The van der Waals surface area contributed by atoms with E-state index in [9.17, 15) is 23.1 Å². The molecule has 22 heavy (non-hydrogen) atoms. The van der Waals surface area contributed by atoms with Crippen molar-refractivity contribution >= 4 is 5.91 Å². The van der Waals surface area contributed by atoms with E-state index >= 15 is 0 Å². The molecule has 0 aliphatic heterocycles. The molecule has 3 nitrogen and oxygen atoms in total. The van der Waals surface area contributed by atoms with Crippen LogP contribution in [-0.4, -0.2) is 11.0 Å². The average molecular weight is 309 g/mol. The lowest BCUT2D eigenvalue weighted by atomic mass is 10.1. The first-order chi connectivity index (χ1) is 10.4. The quantitative estimate of drug-likeness (QED) is 0.912. The largest absolute Gasteiger partial charge is 0.416 e. The van der Waals surface area contributed by atoms with Gasteiger partial charge < -0.3 is 10.4 Å². The van der Waals surface area contributed by atoms with Crippen LogP contribution < -0.4 is 5.32 Å². The smallest absolute Gasteiger partial charge is 0.378 e. The third kappa shape index (κ3) is 4.08. The Balaban J connectivity index is 1.94. The Labute approximate surface area is 125 Å². The number of halogens is 3. The van der Waals surface area contributed by atoms with Gasteiger partial charge in [0, 0.05) is 6.54 Å². The summed E-state index contributed by atoms with van der Waals surface area (Å²) >= 11 is 0. The highest BCUT2D eigenvalue weighted by Crippen LogP contribution is 2.29. The average Bonchev–Trinajstić information content (AvgIpc) is 2.52. The molecule has 0 aromatic heterocycles. The van der Waals surface area contributed by atoms with E-state index in [-0.39, 0.29) is 6.54 Å². The minimum absolute atomic E-state index is 0.0425. The maximum absolute atomic E-state index is 12.4. The van der Waals surface area contributed by atoms with Gasteiger partial charge in [-0.1, -0.05) is 42.5 Å². The number of benzene rings is 2. The Kier molecular flexibility index (Phi) is 4.82. The molecule has 2 aromatic rings. The van der Waals surface area contributed by atoms with Crippen LogP contribution in [0.3, 0.4) is 0 Å². The van der Waals surface area contributed by atoms with Crippen molar-refractivity contribution in [2.45, 2.75) is 18.8 Å². The number of hydrogen-bond acceptors (Lipinski definition) is 2. The zero-order valence-corrected chi connectivity index (χ0v) is 11.5. The van der Waals surface area contributed by atoms with Crippen molar-refractivity contribution in [2.24, 2.45) is 0 Å². The Bertz CT molecular complexity index is 624. The van der Waals surface area contributed by atoms with E-state index in [2.05, 4.69) is 5.32 Å². The molecule has 0 aliphatic carbocycles. The minimum Gasteiger partial charge on any atom is -0.378 e. The molecule has 0 fully saturated rings. The Morgan fingerprint density at radius 2 is 1.64 bits per heavy atom. The summed E-state index contributed by atoms with van der Waals surface area (Å²) in [6.07, 6.45) is -5.69. The molecule has 0 saturated heterocycles. The molecule has 0 saturated carbocycles. The fourth-order valence-electron chi connectivity index (χ4n) is 1.88. The van der Waals surface area contributed by atoms with E-state index in [1.807, 2.05) is 0 Å². The number of rotatable bonds is 4. The number of carbonyl (C=O) groups excluding carboxylic acids is 1. The number of carbonyl (C=O) groups is 1. The second-order valence-corrected chi connectivity index (χ2v) is 4.73. The third-order valence-electron chi connectivity index (χ3n) is 3.11. The van der Waals surface area contributed by atoms with Gasteiger partial charge in [-0.3, -0.25) is 4.79 Å². The molecule has 0 heterocycles. The van der Waals surface area contributed by atoms with Crippen LogP contribution in [0.25, 0.3) is 0 Å². The maximum atomic E-state index is 12.4. The van der Waals surface area contributed by atoms with Gasteiger partial charge in [0.25, 0.3) is 5.91 Å². The molecule has 1 unspecified atom stereocenters. The Morgan fingerprint density at radius 3 is 2.18 bits per heavy atom. The van der Waals surface area contributed by atoms with E-state index in [4.69, 9.17) is 0 Å². The fraction of sp³-hybridized carbons (Fsp3) is 0.188. The van der Waals surface area contributed by atoms with Crippen molar-refractivity contribution in [2.75, 3.05) is 0 Å². The van der Waals surface area contributed by atoms with E-state index in [1.54, 1.807) is 30.3 Å². The second-order valence-electron chi connectivity index (χ2n) is 4.73. The highest BCUT2D eigenvalue weighted by Gasteiger charge is 2.29. The van der Waals surface area contributed by atoms with Gasteiger partial charge in [-0.15, -0.1) is 0 Å². The van der Waals surface area contributed by atoms with Gasteiger partial charge in [-0.2, -0.15) is 13.2 Å². The summed E-state index contributed by atoms with van der Waals surface area (Å²) in [6, 6.07) is 12.9. The van der Waals surface area contributed by atoms with Gasteiger partial charge in [0.1, 0.15) is 0 Å². The first-order valence-corrected chi connectivity index (χ1v) is 6.55. The number of alkyl halides is 3. The molecule has 1 atom stereocenters. The fourth-order valence-corrected chi connectivity index (χ4v) is 1.88. The highest BCUT2D eigenvalue weighted by atomic mass is 19.4. The van der Waals surface area contributed by atoms with Gasteiger partial charge in [-0.25, -0.2) is 0 Å². The lowest BCUT2D eigenvalue weighted by Crippen LogP contribution is -2.28. The summed E-state index contributed by atoms with van der Waals surface area (Å²) in [5, 5.41) is 12.3. The molecule has 0 bridgehead atoms. The second kappa shape index (κ2) is 6.62. The normalized spacial score (nSPS) is 12.7. The van der Waals surface area contributed by atoms with Crippen LogP contribution in [0.1, 0.15) is 22.8 Å². The van der Waals surface area contributed by atoms with Crippen molar-refractivity contribution in [1.82, 2.24) is 5.32 Å². The predicted octanol–water partition coefficient (Wildman–Crippen LogP) is 3.06. The Morgan fingerprint density at radius 1 is 1.05 bits per heavy atom. The number of hydrogen-bond donors (Lipinski definition) is 2. The van der Waals surface area contributed by atoms with E-state index in [0.717, 1.165) is 12.1 Å². The molecule has 1 amide bonds. The maximum Gasteiger partial charge on any atom is 0.416 e. The van der Waals surface area contributed by atoms with Crippen molar-refractivity contribution < 1.29 is 23.1 Å². The minimum atomic E-state index is -4.38. The van der Waals surface area contributed by atoms with Crippen LogP contribution in [0.5, 0.6) is 0 Å². The van der Waals surface area contributed by atoms with Gasteiger partial charge in [0.05, 0.1) is 5.56 Å². The van der Waals surface area contributed by atoms with Crippen LogP contribution in [0.2, 0.25) is 0 Å². The van der Waals surface area contributed by atoms with Gasteiger partial charge in [0.15, 0.2) is 6.10 Å². The van der Waals surface area contributed by atoms with Gasteiger partial charge >= 0.3 is 6.18 Å². The molecule has 2 rings (SSSR count). The summed E-state index contributed by atoms with van der Waals surface area (Å²) in [5.41, 5.74) is 0.223. The van der Waals surface area contributed by atoms with E-state index in [1.165, 1.54) is 12.1 Å². The van der Waals surface area contributed by atoms with E-state index < -0.39 is 23.8 Å². The van der Waals surface area contributed by atoms with Crippen LogP contribution in [0, 0.1) is 0 Å². The third-order valence-corrected chi connectivity index (χ3v) is 3.11. The lowest BCUT2D eigenvalue weighted by molar-refractivity contribution is -0.137. The molecule has 0 aliphatic rings. The van der Waals surface area contributed by atoms with E-state index in [0.29, 0.717) is 11.1 Å². The van der Waals surface area contributed by atoms with Crippen molar-refractivity contribution in [3.63, 3.8) is 0 Å². The van der Waals surface area contributed by atoms with Crippen LogP contribution >= 0.6 is 0 Å². The molecule has 2 N–H and O–H groups in total. The van der Waals surface area contributed by atoms with Crippen molar-refractivity contribution in [3.05, 3.63) is 71.3 Å². The zero-order valence-electron chi connectivity index (χ0n) is 11.5. The summed E-state index contributed by atoms with van der Waals surface area (Å²) in [5.74, 6) is -0.605. The standard InChI is InChI=1S/C16H14F3NO2/c17-16(18,19)13-8-6-11(7-9-13)10-20-15(22)14(21)12-4-2-1-3-5-12/h1-9,14,21H,10H2,(H,20,22). The molecule has 0 radical (unpaired) electrons. The summed E-state index contributed by atoms with van der Waals surface area (Å²) in [7, 11) is 0. The molecule has 116 valence electrons. The molecular weight excluding hydrogens is 295 g/mol. The van der Waals surface area contributed by atoms with Crippen LogP contribution in [0.4, 0.5) is 13.2 Å². The topological polar surface area (TPSA) is 49.3 Å². The predicted molar refractivity (Wildman–Crippen MR) is 74.7 cm³/mol. The van der Waals surface area contributed by atoms with Gasteiger partial charge in [-0.05, 0) is 23.3 Å². The lowest BCUT2D eigenvalue weighted by Gasteiger charge is -2.12. The molecule has 0 spiro atoms. The molecule has 2 aromatic carbocycles. The monoisotopic (exact) mass is 309 g/mol. The SMILES string of the molecule is O=C(NCc1ccc(C(F)(F)F)cc1)C(O)c1ccccc1. The van der Waals surface area contributed by atoms with Crippen molar-refractivity contribution in [1.29, 1.82) is 0 Å². The van der Waals surface area contributed by atoms with Gasteiger partial charge in [0.2, 0.25) is 0 Å². The number of aliphatic hydroxyl groups is 1. The number of amides is 1. The highest BCUT2D eigenvalue weighted by molar-refractivity contribution is 5.81. The number of aliphatic hydroxyl groups excluding tert-OH is 1. The van der Waals surface area contributed by atoms with Crippen LogP contribution in [0.15, 0.2) is 54.6 Å². The number of nitrogens with one attached hydrogen (secondary N) is 1. The summed E-state index contributed by atoms with van der Waals surface area (Å²) in [6.45, 7) is 0.0425.